The Morgan fingerprint density at radius 1 is 1.20 bits per heavy atom. The number of aromatic nitrogens is 1. The summed E-state index contributed by atoms with van der Waals surface area (Å²) in [5.74, 6) is 0. The molecule has 15 heavy (non-hydrogen) atoms. The second-order valence-corrected chi connectivity index (χ2v) is 3.35. The minimum absolute atomic E-state index is 0.261. The molecule has 4 nitrogen and oxygen atoms in total. The number of aliphatic hydroxyl groups excluding tert-OH is 1. The molecule has 0 amide bonds. The van der Waals surface area contributed by atoms with Crippen LogP contribution in [-0.4, -0.2) is 29.8 Å². The van der Waals surface area contributed by atoms with Crippen LogP contribution in [0, 0.1) is 0 Å². The van der Waals surface area contributed by atoms with E-state index in [2.05, 4.69) is 22.5 Å². The summed E-state index contributed by atoms with van der Waals surface area (Å²) in [5.41, 5.74) is 2.05. The van der Waals surface area contributed by atoms with Crippen LogP contribution in [-0.2, 0) is 0 Å². The lowest BCUT2D eigenvalue weighted by Crippen LogP contribution is -2.04. The normalized spacial score (nSPS) is 10.0. The fraction of sp³-hybridized carbons (Fsp3) is 0.545. The van der Waals surface area contributed by atoms with Crippen LogP contribution in [0.3, 0.4) is 0 Å². The molecule has 0 aliphatic rings. The number of anilines is 2. The van der Waals surface area contributed by atoms with Gasteiger partial charge in [0.1, 0.15) is 0 Å². The Morgan fingerprint density at radius 3 is 2.60 bits per heavy atom. The first-order valence-corrected chi connectivity index (χ1v) is 5.40. The number of hydrogen-bond donors (Lipinski definition) is 3. The zero-order chi connectivity index (χ0) is 10.9. The molecule has 0 saturated heterocycles. The molecule has 0 spiro atoms. The van der Waals surface area contributed by atoms with Crippen LogP contribution < -0.4 is 10.6 Å². The lowest BCUT2D eigenvalue weighted by Gasteiger charge is -2.07. The summed E-state index contributed by atoms with van der Waals surface area (Å²) >= 11 is 0. The van der Waals surface area contributed by atoms with E-state index in [0.717, 1.165) is 37.3 Å². The molecule has 1 aromatic heterocycles. The zero-order valence-corrected chi connectivity index (χ0v) is 9.16. The average Bonchev–Trinajstić information content (AvgIpc) is 2.26. The van der Waals surface area contributed by atoms with E-state index in [4.69, 9.17) is 5.11 Å². The summed E-state index contributed by atoms with van der Waals surface area (Å²) in [6.07, 6.45) is 5.43. The molecule has 0 saturated carbocycles. The van der Waals surface area contributed by atoms with E-state index in [1.807, 2.05) is 12.3 Å². The number of unbranched alkanes of at least 4 members (excludes halogenated alkanes) is 1. The highest BCUT2D eigenvalue weighted by atomic mass is 16.2. The molecule has 4 heteroatoms. The highest BCUT2D eigenvalue weighted by Gasteiger charge is 1.94. The van der Waals surface area contributed by atoms with E-state index in [0.29, 0.717) is 0 Å². The van der Waals surface area contributed by atoms with Gasteiger partial charge in [-0.3, -0.25) is 4.98 Å². The van der Waals surface area contributed by atoms with Crippen molar-refractivity contribution in [3.63, 3.8) is 0 Å². The van der Waals surface area contributed by atoms with E-state index in [1.54, 1.807) is 6.20 Å². The topological polar surface area (TPSA) is 57.2 Å². The molecule has 1 heterocycles. The SMILES string of the molecule is CCNc1cncc(NCCCCO)c1. The fourth-order valence-corrected chi connectivity index (χ4v) is 1.31. The van der Waals surface area contributed by atoms with Crippen molar-refractivity contribution < 1.29 is 5.11 Å². The fourth-order valence-electron chi connectivity index (χ4n) is 1.31. The number of rotatable bonds is 7. The van der Waals surface area contributed by atoms with Gasteiger partial charge in [-0.1, -0.05) is 0 Å². The van der Waals surface area contributed by atoms with Gasteiger partial charge >= 0.3 is 0 Å². The Kier molecular flexibility index (Phi) is 5.55. The van der Waals surface area contributed by atoms with Gasteiger partial charge in [0.2, 0.25) is 0 Å². The lowest BCUT2D eigenvalue weighted by atomic mass is 10.3. The summed E-state index contributed by atoms with van der Waals surface area (Å²) in [6.45, 7) is 4.09. The number of hydrogen-bond acceptors (Lipinski definition) is 4. The molecule has 0 unspecified atom stereocenters. The van der Waals surface area contributed by atoms with E-state index in [-0.39, 0.29) is 6.61 Å². The second-order valence-electron chi connectivity index (χ2n) is 3.35. The maximum Gasteiger partial charge on any atom is 0.0547 e. The minimum Gasteiger partial charge on any atom is -0.396 e. The number of pyridine rings is 1. The standard InChI is InChI=1S/C11H19N3O/c1-2-13-10-7-11(9-12-8-10)14-5-3-4-6-15/h7-9,13-15H,2-6H2,1H3. The van der Waals surface area contributed by atoms with Gasteiger partial charge < -0.3 is 15.7 Å². The van der Waals surface area contributed by atoms with Crippen molar-refractivity contribution in [2.45, 2.75) is 19.8 Å². The van der Waals surface area contributed by atoms with Gasteiger partial charge in [0, 0.05) is 19.7 Å². The van der Waals surface area contributed by atoms with Crippen LogP contribution in [0.5, 0.6) is 0 Å². The molecule has 0 bridgehead atoms. The minimum atomic E-state index is 0.261. The quantitative estimate of drug-likeness (QED) is 0.598. The average molecular weight is 209 g/mol. The summed E-state index contributed by atoms with van der Waals surface area (Å²) in [7, 11) is 0. The first kappa shape index (κ1) is 11.8. The molecule has 3 N–H and O–H groups in total. The largest absolute Gasteiger partial charge is 0.396 e. The van der Waals surface area contributed by atoms with Crippen molar-refractivity contribution in [1.82, 2.24) is 4.98 Å². The van der Waals surface area contributed by atoms with Gasteiger partial charge in [-0.15, -0.1) is 0 Å². The molecular formula is C11H19N3O. The number of aliphatic hydroxyl groups is 1. The molecule has 84 valence electrons. The van der Waals surface area contributed by atoms with Crippen LogP contribution in [0.15, 0.2) is 18.5 Å². The van der Waals surface area contributed by atoms with Gasteiger partial charge in [-0.25, -0.2) is 0 Å². The number of nitrogens with one attached hydrogen (secondary N) is 2. The third kappa shape index (κ3) is 4.65. The van der Waals surface area contributed by atoms with Gasteiger partial charge in [0.15, 0.2) is 0 Å². The smallest absolute Gasteiger partial charge is 0.0547 e. The van der Waals surface area contributed by atoms with Crippen molar-refractivity contribution in [2.75, 3.05) is 30.3 Å². The maximum absolute atomic E-state index is 8.63. The second kappa shape index (κ2) is 7.06. The molecule has 0 aliphatic heterocycles. The van der Waals surface area contributed by atoms with Gasteiger partial charge in [-0.05, 0) is 25.8 Å². The predicted molar refractivity (Wildman–Crippen MR) is 63.2 cm³/mol. The summed E-state index contributed by atoms with van der Waals surface area (Å²) in [6, 6.07) is 2.04. The Bertz CT molecular complexity index is 278. The molecule has 0 aliphatic carbocycles. The highest BCUT2D eigenvalue weighted by Crippen LogP contribution is 2.12. The van der Waals surface area contributed by atoms with Crippen molar-refractivity contribution in [3.8, 4) is 0 Å². The van der Waals surface area contributed by atoms with Crippen molar-refractivity contribution in [2.24, 2.45) is 0 Å². The predicted octanol–water partition coefficient (Wildman–Crippen LogP) is 1.70. The van der Waals surface area contributed by atoms with Crippen LogP contribution >= 0.6 is 0 Å². The van der Waals surface area contributed by atoms with Gasteiger partial charge in [-0.2, -0.15) is 0 Å². The van der Waals surface area contributed by atoms with Crippen LogP contribution in [0.1, 0.15) is 19.8 Å². The Labute approximate surface area is 90.7 Å². The molecule has 0 aromatic carbocycles. The van der Waals surface area contributed by atoms with Gasteiger partial charge in [0.05, 0.1) is 23.8 Å². The number of nitrogens with zero attached hydrogens (tertiary/aromatic N) is 1. The van der Waals surface area contributed by atoms with Crippen molar-refractivity contribution in [1.29, 1.82) is 0 Å². The van der Waals surface area contributed by atoms with E-state index < -0.39 is 0 Å². The Morgan fingerprint density at radius 2 is 1.93 bits per heavy atom. The maximum atomic E-state index is 8.63. The monoisotopic (exact) mass is 209 g/mol. The van der Waals surface area contributed by atoms with Crippen LogP contribution in [0.25, 0.3) is 0 Å². The van der Waals surface area contributed by atoms with E-state index in [9.17, 15) is 0 Å². The Balaban J connectivity index is 2.36. The summed E-state index contributed by atoms with van der Waals surface area (Å²) in [4.78, 5) is 4.13. The van der Waals surface area contributed by atoms with E-state index >= 15 is 0 Å². The lowest BCUT2D eigenvalue weighted by molar-refractivity contribution is 0.286. The van der Waals surface area contributed by atoms with Gasteiger partial charge in [0.25, 0.3) is 0 Å². The van der Waals surface area contributed by atoms with Crippen LogP contribution in [0.4, 0.5) is 11.4 Å². The van der Waals surface area contributed by atoms with Crippen molar-refractivity contribution >= 4 is 11.4 Å². The zero-order valence-electron chi connectivity index (χ0n) is 9.16. The van der Waals surface area contributed by atoms with Crippen LogP contribution in [0.2, 0.25) is 0 Å². The Hall–Kier alpha value is -1.29. The third-order valence-electron chi connectivity index (χ3n) is 2.03. The third-order valence-corrected chi connectivity index (χ3v) is 2.03. The molecule has 0 fully saturated rings. The van der Waals surface area contributed by atoms with E-state index in [1.165, 1.54) is 0 Å². The molecule has 1 rings (SSSR count). The summed E-state index contributed by atoms with van der Waals surface area (Å²) in [5, 5.41) is 15.1. The molecule has 0 radical (unpaired) electrons. The molecule has 0 atom stereocenters. The molecular weight excluding hydrogens is 190 g/mol. The summed E-state index contributed by atoms with van der Waals surface area (Å²) < 4.78 is 0. The molecule has 1 aromatic rings. The first-order chi connectivity index (χ1) is 7.36. The first-order valence-electron chi connectivity index (χ1n) is 5.40. The highest BCUT2D eigenvalue weighted by molar-refractivity contribution is 5.53. The van der Waals surface area contributed by atoms with Crippen molar-refractivity contribution in [3.05, 3.63) is 18.5 Å².